The molecule has 2 aromatic carbocycles. The van der Waals surface area contributed by atoms with Gasteiger partial charge in [0, 0.05) is 50.0 Å². The Kier molecular flexibility index (Phi) is 6.81. The summed E-state index contributed by atoms with van der Waals surface area (Å²) >= 11 is 7.64. The minimum atomic E-state index is -0.216. The summed E-state index contributed by atoms with van der Waals surface area (Å²) in [6.45, 7) is 5.27. The van der Waals surface area contributed by atoms with Crippen LogP contribution in [0.1, 0.15) is 18.2 Å². The van der Waals surface area contributed by atoms with Gasteiger partial charge in [0.05, 0.1) is 10.7 Å². The third-order valence-corrected chi connectivity index (χ3v) is 7.33. The molecule has 0 spiro atoms. The fourth-order valence-corrected chi connectivity index (χ4v) is 5.29. The first-order valence-corrected chi connectivity index (χ1v) is 12.7. The molecule has 0 radical (unpaired) electrons. The Hall–Kier alpha value is -3.27. The Morgan fingerprint density at radius 3 is 2.54 bits per heavy atom. The van der Waals surface area contributed by atoms with E-state index in [2.05, 4.69) is 27.2 Å². The SMILES string of the molecule is CCc1ccc(NC(=O)N2CCN(Cc3cc(=O)n4nc(-c5ccccc5Cl)sc4n3)CC2)cc1. The van der Waals surface area contributed by atoms with E-state index in [1.54, 1.807) is 6.07 Å². The largest absolute Gasteiger partial charge is 0.322 e. The van der Waals surface area contributed by atoms with E-state index in [0.29, 0.717) is 53.4 Å². The van der Waals surface area contributed by atoms with Gasteiger partial charge in [-0.3, -0.25) is 9.69 Å². The summed E-state index contributed by atoms with van der Waals surface area (Å²) in [5.74, 6) is 0. The smallest absolute Gasteiger partial charge is 0.321 e. The van der Waals surface area contributed by atoms with Gasteiger partial charge >= 0.3 is 6.03 Å². The first-order chi connectivity index (χ1) is 17.0. The van der Waals surface area contributed by atoms with Crippen LogP contribution in [0.4, 0.5) is 10.5 Å². The zero-order chi connectivity index (χ0) is 24.4. The van der Waals surface area contributed by atoms with E-state index in [1.165, 1.54) is 27.5 Å². The lowest BCUT2D eigenvalue weighted by atomic mass is 10.1. The van der Waals surface area contributed by atoms with Crippen molar-refractivity contribution >= 4 is 39.6 Å². The second kappa shape index (κ2) is 10.2. The van der Waals surface area contributed by atoms with Gasteiger partial charge in [0.25, 0.3) is 5.56 Å². The summed E-state index contributed by atoms with van der Waals surface area (Å²) in [4.78, 5) is 34.6. The number of carbonyl (C=O) groups excluding carboxylic acids is 1. The highest BCUT2D eigenvalue weighted by Crippen LogP contribution is 2.30. The number of piperazine rings is 1. The van der Waals surface area contributed by atoms with E-state index in [4.69, 9.17) is 11.6 Å². The van der Waals surface area contributed by atoms with Gasteiger partial charge in [-0.2, -0.15) is 9.61 Å². The number of hydrogen-bond donors (Lipinski definition) is 1. The van der Waals surface area contributed by atoms with Gasteiger partial charge < -0.3 is 10.2 Å². The van der Waals surface area contributed by atoms with Gasteiger partial charge in [0.15, 0.2) is 0 Å². The van der Waals surface area contributed by atoms with Gasteiger partial charge in [-0.15, -0.1) is 0 Å². The number of halogens is 1. The molecular formula is C25H25ClN6O2S. The van der Waals surface area contributed by atoms with Crippen molar-refractivity contribution < 1.29 is 4.79 Å². The molecule has 0 atom stereocenters. The molecule has 35 heavy (non-hydrogen) atoms. The van der Waals surface area contributed by atoms with Gasteiger partial charge in [-0.05, 0) is 30.2 Å². The standard InChI is InChI=1S/C25H25ClN6O2S/c1-2-17-7-9-18(10-8-17)27-24(34)31-13-11-30(12-14-31)16-19-15-22(33)32-25(28-19)35-23(29-32)20-5-3-4-6-21(20)26/h3-10,15H,2,11-14,16H2,1H3,(H,27,34). The van der Waals surface area contributed by atoms with Gasteiger partial charge in [0.2, 0.25) is 4.96 Å². The molecule has 0 aliphatic carbocycles. The normalized spacial score (nSPS) is 14.4. The Bertz CT molecular complexity index is 1410. The van der Waals surface area contributed by atoms with E-state index in [1.807, 2.05) is 47.4 Å². The van der Waals surface area contributed by atoms with Crippen molar-refractivity contribution in [2.45, 2.75) is 19.9 Å². The summed E-state index contributed by atoms with van der Waals surface area (Å²) < 4.78 is 1.32. The third-order valence-electron chi connectivity index (χ3n) is 6.06. The highest BCUT2D eigenvalue weighted by molar-refractivity contribution is 7.19. The van der Waals surface area contributed by atoms with Crippen LogP contribution in [-0.4, -0.2) is 56.6 Å². The predicted molar refractivity (Wildman–Crippen MR) is 139 cm³/mol. The number of aromatic nitrogens is 3. The number of anilines is 1. The predicted octanol–water partition coefficient (Wildman–Crippen LogP) is 4.38. The summed E-state index contributed by atoms with van der Waals surface area (Å²) in [7, 11) is 0. The molecule has 3 heterocycles. The molecule has 1 N–H and O–H groups in total. The number of nitrogens with zero attached hydrogens (tertiary/aromatic N) is 5. The second-order valence-electron chi connectivity index (χ2n) is 8.41. The molecule has 10 heteroatoms. The van der Waals surface area contributed by atoms with Crippen LogP contribution in [0.15, 0.2) is 59.4 Å². The third kappa shape index (κ3) is 5.22. The van der Waals surface area contributed by atoms with Crippen LogP contribution in [0.5, 0.6) is 0 Å². The fourth-order valence-electron chi connectivity index (χ4n) is 4.05. The van der Waals surface area contributed by atoms with Crippen molar-refractivity contribution in [1.29, 1.82) is 0 Å². The average molecular weight is 509 g/mol. The van der Waals surface area contributed by atoms with Crippen molar-refractivity contribution in [3.63, 3.8) is 0 Å². The number of carbonyl (C=O) groups is 1. The zero-order valence-corrected chi connectivity index (χ0v) is 20.8. The molecule has 1 aliphatic heterocycles. The number of urea groups is 1. The number of rotatable bonds is 5. The molecule has 4 aromatic rings. The molecule has 5 rings (SSSR count). The molecule has 2 aromatic heterocycles. The number of amides is 2. The van der Waals surface area contributed by atoms with Crippen LogP contribution in [0.3, 0.4) is 0 Å². The van der Waals surface area contributed by atoms with E-state index in [9.17, 15) is 9.59 Å². The molecule has 2 amide bonds. The lowest BCUT2D eigenvalue weighted by molar-refractivity contribution is 0.142. The molecular weight excluding hydrogens is 484 g/mol. The van der Waals surface area contributed by atoms with Crippen molar-refractivity contribution in [3.05, 3.63) is 81.2 Å². The highest BCUT2D eigenvalue weighted by atomic mass is 35.5. The van der Waals surface area contributed by atoms with Crippen molar-refractivity contribution in [2.24, 2.45) is 0 Å². The van der Waals surface area contributed by atoms with E-state index >= 15 is 0 Å². The van der Waals surface area contributed by atoms with Crippen LogP contribution >= 0.6 is 22.9 Å². The summed E-state index contributed by atoms with van der Waals surface area (Å²) in [6, 6.07) is 16.8. The van der Waals surface area contributed by atoms with Gasteiger partial charge in [0.1, 0.15) is 5.01 Å². The first-order valence-electron chi connectivity index (χ1n) is 11.5. The minimum absolute atomic E-state index is 0.0940. The number of aryl methyl sites for hydroxylation is 1. The Balaban J connectivity index is 1.22. The van der Waals surface area contributed by atoms with Crippen molar-refractivity contribution in [1.82, 2.24) is 24.4 Å². The lowest BCUT2D eigenvalue weighted by Gasteiger charge is -2.34. The number of hydrogen-bond acceptors (Lipinski definition) is 6. The number of nitrogens with one attached hydrogen (secondary N) is 1. The summed E-state index contributed by atoms with van der Waals surface area (Å²) in [5, 5.41) is 8.62. The van der Waals surface area contributed by atoms with E-state index < -0.39 is 0 Å². The summed E-state index contributed by atoms with van der Waals surface area (Å²) in [6.07, 6.45) is 0.968. The van der Waals surface area contributed by atoms with Crippen molar-refractivity contribution in [3.8, 4) is 10.6 Å². The van der Waals surface area contributed by atoms with Crippen LogP contribution < -0.4 is 10.9 Å². The quantitative estimate of drug-likeness (QED) is 0.432. The molecule has 1 fully saturated rings. The lowest BCUT2D eigenvalue weighted by Crippen LogP contribution is -2.49. The Labute approximate surface area is 211 Å². The Morgan fingerprint density at radius 1 is 1.09 bits per heavy atom. The molecule has 0 saturated carbocycles. The maximum Gasteiger partial charge on any atom is 0.321 e. The maximum atomic E-state index is 12.7. The topological polar surface area (TPSA) is 82.8 Å². The van der Waals surface area contributed by atoms with Crippen molar-refractivity contribution in [2.75, 3.05) is 31.5 Å². The highest BCUT2D eigenvalue weighted by Gasteiger charge is 2.22. The minimum Gasteiger partial charge on any atom is -0.322 e. The monoisotopic (exact) mass is 508 g/mol. The Morgan fingerprint density at radius 2 is 1.83 bits per heavy atom. The van der Waals surface area contributed by atoms with E-state index in [0.717, 1.165) is 17.7 Å². The van der Waals surface area contributed by atoms with Crippen LogP contribution in [0, 0.1) is 0 Å². The number of benzene rings is 2. The second-order valence-corrected chi connectivity index (χ2v) is 9.77. The fraction of sp³-hybridized carbons (Fsp3) is 0.280. The maximum absolute atomic E-state index is 12.7. The average Bonchev–Trinajstić information content (AvgIpc) is 3.30. The first kappa shape index (κ1) is 23.5. The van der Waals surface area contributed by atoms with Crippen LogP contribution in [0.2, 0.25) is 5.02 Å². The van der Waals surface area contributed by atoms with Crippen LogP contribution in [-0.2, 0) is 13.0 Å². The number of fused-ring (bicyclic) bond motifs is 1. The van der Waals surface area contributed by atoms with Gasteiger partial charge in [-0.25, -0.2) is 9.78 Å². The molecule has 0 unspecified atom stereocenters. The molecule has 0 bridgehead atoms. The van der Waals surface area contributed by atoms with Crippen LogP contribution in [0.25, 0.3) is 15.5 Å². The van der Waals surface area contributed by atoms with E-state index in [-0.39, 0.29) is 11.6 Å². The zero-order valence-electron chi connectivity index (χ0n) is 19.3. The summed E-state index contributed by atoms with van der Waals surface area (Å²) in [5.41, 5.74) is 3.29. The molecule has 1 saturated heterocycles. The van der Waals surface area contributed by atoms with Gasteiger partial charge in [-0.1, -0.05) is 60.2 Å². The molecule has 1 aliphatic rings. The molecule has 180 valence electrons. The molecule has 8 nitrogen and oxygen atoms in total.